The number of hydrogen-bond acceptors (Lipinski definition) is 4. The molecule has 20 heavy (non-hydrogen) atoms. The molecule has 0 radical (unpaired) electrons. The van der Waals surface area contributed by atoms with Crippen LogP contribution in [0.5, 0.6) is 0 Å². The molecule has 1 saturated heterocycles. The van der Waals surface area contributed by atoms with Gasteiger partial charge in [0.1, 0.15) is 12.7 Å². The summed E-state index contributed by atoms with van der Waals surface area (Å²) < 4.78 is 7.00. The molecule has 2 aromatic rings. The number of carbonyl (C=O) groups is 1. The first-order valence-electron chi connectivity index (χ1n) is 6.61. The second-order valence-corrected chi connectivity index (χ2v) is 4.69. The first kappa shape index (κ1) is 12.8. The number of benzene rings is 1. The molecule has 0 N–H and O–H groups in total. The van der Waals surface area contributed by atoms with Crippen molar-refractivity contribution in [1.29, 1.82) is 0 Å². The van der Waals surface area contributed by atoms with Crippen molar-refractivity contribution in [1.82, 2.24) is 19.7 Å². The fourth-order valence-corrected chi connectivity index (χ4v) is 2.20. The summed E-state index contributed by atoms with van der Waals surface area (Å²) in [5.41, 5.74) is 1.81. The Labute approximate surface area is 117 Å². The zero-order chi connectivity index (χ0) is 13.8. The lowest BCUT2D eigenvalue weighted by atomic mass is 10.1. The van der Waals surface area contributed by atoms with E-state index in [1.54, 1.807) is 11.0 Å². The van der Waals surface area contributed by atoms with Crippen LogP contribution in [0, 0.1) is 0 Å². The summed E-state index contributed by atoms with van der Waals surface area (Å²) in [7, 11) is 0. The Hall–Kier alpha value is -2.21. The third kappa shape index (κ3) is 2.85. The van der Waals surface area contributed by atoms with Crippen molar-refractivity contribution in [3.05, 3.63) is 48.0 Å². The lowest BCUT2D eigenvalue weighted by molar-refractivity contribution is 0.0303. The molecule has 1 aliphatic rings. The Morgan fingerprint density at radius 2 is 1.95 bits per heavy atom. The highest BCUT2D eigenvalue weighted by atomic mass is 16.5. The van der Waals surface area contributed by atoms with Gasteiger partial charge in [0.15, 0.2) is 0 Å². The lowest BCUT2D eigenvalue weighted by Gasteiger charge is -2.26. The van der Waals surface area contributed by atoms with Gasteiger partial charge in [-0.2, -0.15) is 5.10 Å². The third-order valence-electron chi connectivity index (χ3n) is 3.31. The van der Waals surface area contributed by atoms with E-state index in [1.165, 1.54) is 6.33 Å². The first-order chi connectivity index (χ1) is 9.83. The molecule has 0 spiro atoms. The van der Waals surface area contributed by atoms with Crippen LogP contribution < -0.4 is 0 Å². The van der Waals surface area contributed by atoms with E-state index in [1.807, 2.05) is 29.2 Å². The smallest absolute Gasteiger partial charge is 0.254 e. The highest BCUT2D eigenvalue weighted by Gasteiger charge is 2.18. The van der Waals surface area contributed by atoms with Crippen molar-refractivity contribution in [3.63, 3.8) is 0 Å². The highest BCUT2D eigenvalue weighted by molar-refractivity contribution is 5.94. The maximum absolute atomic E-state index is 12.3. The fraction of sp³-hybridized carbons (Fsp3) is 0.357. The van der Waals surface area contributed by atoms with Gasteiger partial charge >= 0.3 is 0 Å². The number of rotatable bonds is 3. The molecule has 1 amide bonds. The molecule has 1 aliphatic heterocycles. The van der Waals surface area contributed by atoms with Gasteiger partial charge in [-0.25, -0.2) is 9.67 Å². The molecule has 104 valence electrons. The van der Waals surface area contributed by atoms with E-state index in [9.17, 15) is 4.79 Å². The maximum Gasteiger partial charge on any atom is 0.254 e. The maximum atomic E-state index is 12.3. The van der Waals surface area contributed by atoms with Crippen LogP contribution in [0.4, 0.5) is 0 Å². The first-order valence-corrected chi connectivity index (χ1v) is 6.61. The number of ether oxygens (including phenoxy) is 1. The molecule has 1 aromatic carbocycles. The molecule has 0 saturated carbocycles. The van der Waals surface area contributed by atoms with Crippen LogP contribution in [0.15, 0.2) is 36.9 Å². The van der Waals surface area contributed by atoms with Crippen LogP contribution in [0.2, 0.25) is 0 Å². The van der Waals surface area contributed by atoms with Crippen molar-refractivity contribution >= 4 is 5.91 Å². The average molecular weight is 272 g/mol. The van der Waals surface area contributed by atoms with Crippen LogP contribution in [-0.2, 0) is 11.3 Å². The Kier molecular flexibility index (Phi) is 3.73. The van der Waals surface area contributed by atoms with E-state index >= 15 is 0 Å². The summed E-state index contributed by atoms with van der Waals surface area (Å²) in [6.45, 7) is 3.23. The van der Waals surface area contributed by atoms with Gasteiger partial charge in [0.2, 0.25) is 0 Å². The van der Waals surface area contributed by atoms with Gasteiger partial charge in [-0.1, -0.05) is 12.1 Å². The van der Waals surface area contributed by atoms with Crippen molar-refractivity contribution in [3.8, 4) is 0 Å². The molecule has 0 unspecified atom stereocenters. The summed E-state index contributed by atoms with van der Waals surface area (Å²) in [5.74, 6) is 0.0700. The second kappa shape index (κ2) is 5.83. The Morgan fingerprint density at radius 3 is 2.60 bits per heavy atom. The average Bonchev–Trinajstić information content (AvgIpc) is 3.01. The molecule has 0 bridgehead atoms. The second-order valence-electron chi connectivity index (χ2n) is 4.69. The molecular weight excluding hydrogens is 256 g/mol. The summed E-state index contributed by atoms with van der Waals surface area (Å²) in [6.07, 6.45) is 3.18. The molecule has 0 atom stereocenters. The van der Waals surface area contributed by atoms with E-state index < -0.39 is 0 Å². The summed E-state index contributed by atoms with van der Waals surface area (Å²) >= 11 is 0. The topological polar surface area (TPSA) is 60.2 Å². The summed E-state index contributed by atoms with van der Waals surface area (Å²) in [4.78, 5) is 18.0. The number of carbonyl (C=O) groups excluding carboxylic acids is 1. The van der Waals surface area contributed by atoms with Crippen LogP contribution in [0.1, 0.15) is 15.9 Å². The monoisotopic (exact) mass is 272 g/mol. The molecule has 3 rings (SSSR count). The quantitative estimate of drug-likeness (QED) is 0.829. The Bertz CT molecular complexity index is 559. The van der Waals surface area contributed by atoms with Gasteiger partial charge in [0.05, 0.1) is 19.8 Å². The summed E-state index contributed by atoms with van der Waals surface area (Å²) in [6, 6.07) is 7.64. The van der Waals surface area contributed by atoms with Gasteiger partial charge in [0, 0.05) is 18.7 Å². The van der Waals surface area contributed by atoms with Gasteiger partial charge in [-0.05, 0) is 17.7 Å². The van der Waals surface area contributed by atoms with Gasteiger partial charge in [-0.3, -0.25) is 4.79 Å². The van der Waals surface area contributed by atoms with Crippen molar-refractivity contribution in [2.45, 2.75) is 6.54 Å². The van der Waals surface area contributed by atoms with Crippen LogP contribution >= 0.6 is 0 Å². The number of aromatic nitrogens is 3. The normalized spacial score (nSPS) is 15.3. The lowest BCUT2D eigenvalue weighted by Crippen LogP contribution is -2.40. The predicted molar refractivity (Wildman–Crippen MR) is 72.3 cm³/mol. The molecule has 6 heteroatoms. The van der Waals surface area contributed by atoms with Gasteiger partial charge in [-0.15, -0.1) is 0 Å². The highest BCUT2D eigenvalue weighted by Crippen LogP contribution is 2.10. The minimum atomic E-state index is 0.0700. The van der Waals surface area contributed by atoms with Crippen molar-refractivity contribution in [2.75, 3.05) is 26.3 Å². The molecule has 1 fully saturated rings. The Balaban J connectivity index is 1.67. The minimum absolute atomic E-state index is 0.0700. The molecule has 2 heterocycles. The van der Waals surface area contributed by atoms with E-state index in [0.717, 1.165) is 5.56 Å². The largest absolute Gasteiger partial charge is 0.378 e. The van der Waals surface area contributed by atoms with Crippen LogP contribution in [0.25, 0.3) is 0 Å². The van der Waals surface area contributed by atoms with Crippen molar-refractivity contribution < 1.29 is 9.53 Å². The molecular formula is C14H16N4O2. The number of nitrogens with zero attached hydrogens (tertiary/aromatic N) is 4. The number of hydrogen-bond donors (Lipinski definition) is 0. The number of morpholine rings is 1. The molecule has 6 nitrogen and oxygen atoms in total. The number of amides is 1. The van der Waals surface area contributed by atoms with Gasteiger partial charge in [0.25, 0.3) is 5.91 Å². The third-order valence-corrected chi connectivity index (χ3v) is 3.31. The zero-order valence-corrected chi connectivity index (χ0v) is 11.1. The van der Waals surface area contributed by atoms with Crippen molar-refractivity contribution in [2.24, 2.45) is 0 Å². The van der Waals surface area contributed by atoms with E-state index in [-0.39, 0.29) is 5.91 Å². The zero-order valence-electron chi connectivity index (χ0n) is 11.1. The molecule has 1 aromatic heterocycles. The Morgan fingerprint density at radius 1 is 1.20 bits per heavy atom. The predicted octanol–water partition coefficient (Wildman–Crippen LogP) is 0.799. The van der Waals surface area contributed by atoms with E-state index in [4.69, 9.17) is 4.74 Å². The van der Waals surface area contributed by atoms with E-state index in [2.05, 4.69) is 10.1 Å². The standard InChI is InChI=1S/C14H16N4O2/c19-14(17-5-7-20-8-6-17)13-3-1-12(2-4-13)9-18-11-15-10-16-18/h1-4,10-11H,5-9H2. The molecule has 0 aliphatic carbocycles. The minimum Gasteiger partial charge on any atom is -0.378 e. The van der Waals surface area contributed by atoms with Crippen LogP contribution in [-0.4, -0.2) is 51.9 Å². The van der Waals surface area contributed by atoms with E-state index in [0.29, 0.717) is 38.4 Å². The fourth-order valence-electron chi connectivity index (χ4n) is 2.20. The summed E-state index contributed by atoms with van der Waals surface area (Å²) in [5, 5.41) is 4.06. The SMILES string of the molecule is O=C(c1ccc(Cn2cncn2)cc1)N1CCOCC1. The van der Waals surface area contributed by atoms with Crippen LogP contribution in [0.3, 0.4) is 0 Å². The van der Waals surface area contributed by atoms with Gasteiger partial charge < -0.3 is 9.64 Å².